The molecule has 0 radical (unpaired) electrons. The lowest BCUT2D eigenvalue weighted by Gasteiger charge is -2.15. The molecule has 0 amide bonds. The van der Waals surface area contributed by atoms with E-state index >= 15 is 0 Å². The van der Waals surface area contributed by atoms with Crippen LogP contribution in [0.4, 0.5) is 4.39 Å². The van der Waals surface area contributed by atoms with E-state index in [-0.39, 0.29) is 0 Å². The molecule has 0 heterocycles. The molecule has 0 aromatic heterocycles. The summed E-state index contributed by atoms with van der Waals surface area (Å²) in [7, 11) is 0. The highest BCUT2D eigenvalue weighted by Gasteiger charge is 2.26. The van der Waals surface area contributed by atoms with Crippen LogP contribution in [0.2, 0.25) is 0 Å². The van der Waals surface area contributed by atoms with E-state index in [1.165, 1.54) is 0 Å². The third-order valence-electron chi connectivity index (χ3n) is 2.33. The number of halogens is 1. The summed E-state index contributed by atoms with van der Waals surface area (Å²) in [5, 5.41) is 0. The summed E-state index contributed by atoms with van der Waals surface area (Å²) >= 11 is 0. The Morgan fingerprint density at radius 3 is 2.42 bits per heavy atom. The highest BCUT2D eigenvalue weighted by Crippen LogP contribution is 2.33. The van der Waals surface area contributed by atoms with Crippen molar-refractivity contribution < 1.29 is 4.39 Å². The van der Waals surface area contributed by atoms with E-state index in [1.54, 1.807) is 19.9 Å². The van der Waals surface area contributed by atoms with Crippen LogP contribution in [0.15, 0.2) is 22.9 Å². The van der Waals surface area contributed by atoms with Crippen molar-refractivity contribution in [2.75, 3.05) is 0 Å². The van der Waals surface area contributed by atoms with Crippen molar-refractivity contribution in [2.45, 2.75) is 39.3 Å². The summed E-state index contributed by atoms with van der Waals surface area (Å²) < 4.78 is 13.4. The molecule has 68 valence electrons. The van der Waals surface area contributed by atoms with Gasteiger partial charge < -0.3 is 5.73 Å². The number of rotatable bonds is 2. The molecule has 0 bridgehead atoms. The largest absolute Gasteiger partial charge is 0.399 e. The summed E-state index contributed by atoms with van der Waals surface area (Å²) in [5.41, 5.74) is 7.22. The topological polar surface area (TPSA) is 26.0 Å². The molecule has 1 nitrogen and oxygen atoms in total. The van der Waals surface area contributed by atoms with Crippen LogP contribution >= 0.6 is 0 Å². The molecule has 0 aromatic rings. The monoisotopic (exact) mass is 169 g/mol. The van der Waals surface area contributed by atoms with Crippen LogP contribution in [0.25, 0.3) is 0 Å². The summed E-state index contributed by atoms with van der Waals surface area (Å²) in [6.07, 6.45) is 3.41. The molecule has 0 saturated carbocycles. The van der Waals surface area contributed by atoms with E-state index in [1.807, 2.05) is 6.92 Å². The zero-order valence-corrected chi connectivity index (χ0v) is 7.95. The highest BCUT2D eigenvalue weighted by molar-refractivity contribution is 5.40. The van der Waals surface area contributed by atoms with Crippen LogP contribution in [-0.4, -0.2) is 5.67 Å². The molecular weight excluding hydrogens is 153 g/mol. The summed E-state index contributed by atoms with van der Waals surface area (Å²) in [4.78, 5) is 0. The fourth-order valence-electron chi connectivity index (χ4n) is 1.38. The quantitative estimate of drug-likeness (QED) is 0.675. The predicted molar refractivity (Wildman–Crippen MR) is 49.4 cm³/mol. The van der Waals surface area contributed by atoms with Crippen molar-refractivity contribution in [3.05, 3.63) is 22.9 Å². The SMILES string of the molecule is CCC1=C(N)C=C(C(C)(C)F)C1. The first kappa shape index (κ1) is 9.30. The van der Waals surface area contributed by atoms with Crippen molar-refractivity contribution >= 4 is 0 Å². The van der Waals surface area contributed by atoms with Crippen molar-refractivity contribution in [3.8, 4) is 0 Å². The van der Waals surface area contributed by atoms with Crippen LogP contribution in [0.5, 0.6) is 0 Å². The smallest absolute Gasteiger partial charge is 0.127 e. The third kappa shape index (κ3) is 1.68. The first-order valence-corrected chi connectivity index (χ1v) is 4.32. The molecule has 0 fully saturated rings. The number of alkyl halides is 1. The molecule has 0 atom stereocenters. The average molecular weight is 169 g/mol. The van der Waals surface area contributed by atoms with Crippen LogP contribution in [0, 0.1) is 0 Å². The van der Waals surface area contributed by atoms with Gasteiger partial charge in [-0.1, -0.05) is 6.92 Å². The van der Waals surface area contributed by atoms with Gasteiger partial charge in [-0.15, -0.1) is 0 Å². The zero-order chi connectivity index (χ0) is 9.35. The molecule has 1 aliphatic rings. The lowest BCUT2D eigenvalue weighted by Crippen LogP contribution is -2.14. The number of hydrogen-bond acceptors (Lipinski definition) is 1. The van der Waals surface area contributed by atoms with Gasteiger partial charge in [0.05, 0.1) is 0 Å². The molecule has 1 rings (SSSR count). The lowest BCUT2D eigenvalue weighted by atomic mass is 9.97. The fourth-order valence-corrected chi connectivity index (χ4v) is 1.38. The molecule has 0 spiro atoms. The van der Waals surface area contributed by atoms with Crippen molar-refractivity contribution in [1.29, 1.82) is 0 Å². The Labute approximate surface area is 73.1 Å². The van der Waals surface area contributed by atoms with E-state index in [4.69, 9.17) is 5.73 Å². The third-order valence-corrected chi connectivity index (χ3v) is 2.33. The molecule has 0 aliphatic heterocycles. The van der Waals surface area contributed by atoms with Gasteiger partial charge in [0, 0.05) is 5.70 Å². The van der Waals surface area contributed by atoms with E-state index in [9.17, 15) is 4.39 Å². The van der Waals surface area contributed by atoms with Crippen LogP contribution < -0.4 is 5.73 Å². The Bertz CT molecular complexity index is 243. The van der Waals surface area contributed by atoms with Crippen molar-refractivity contribution in [1.82, 2.24) is 0 Å². The van der Waals surface area contributed by atoms with E-state index < -0.39 is 5.67 Å². The normalized spacial score (nSPS) is 18.5. The Balaban J connectivity index is 2.77. The lowest BCUT2D eigenvalue weighted by molar-refractivity contribution is 0.265. The first-order valence-electron chi connectivity index (χ1n) is 4.32. The Hall–Kier alpha value is -0.790. The van der Waals surface area contributed by atoms with Gasteiger partial charge >= 0.3 is 0 Å². The molecule has 0 saturated heterocycles. The molecule has 0 unspecified atom stereocenters. The van der Waals surface area contributed by atoms with Gasteiger partial charge in [0.2, 0.25) is 0 Å². The van der Waals surface area contributed by atoms with Crippen molar-refractivity contribution in [3.63, 3.8) is 0 Å². The molecular formula is C10H16FN. The minimum atomic E-state index is -1.22. The summed E-state index contributed by atoms with van der Waals surface area (Å²) in [6, 6.07) is 0. The predicted octanol–water partition coefficient (Wildman–Crippen LogP) is 2.69. The summed E-state index contributed by atoms with van der Waals surface area (Å²) in [5.74, 6) is 0. The molecule has 1 aliphatic carbocycles. The van der Waals surface area contributed by atoms with E-state index in [2.05, 4.69) is 0 Å². The Morgan fingerprint density at radius 1 is 1.58 bits per heavy atom. The van der Waals surface area contributed by atoms with Gasteiger partial charge in [-0.3, -0.25) is 0 Å². The van der Waals surface area contributed by atoms with Crippen LogP contribution in [0.3, 0.4) is 0 Å². The van der Waals surface area contributed by atoms with Crippen LogP contribution in [0.1, 0.15) is 33.6 Å². The number of hydrogen-bond donors (Lipinski definition) is 1. The standard InChI is InChI=1S/C10H16FN/c1-4-7-5-8(6-9(7)12)10(2,3)11/h6H,4-5,12H2,1-3H3. The molecule has 12 heavy (non-hydrogen) atoms. The van der Waals surface area contributed by atoms with Gasteiger partial charge in [0.1, 0.15) is 5.67 Å². The summed E-state index contributed by atoms with van der Waals surface area (Å²) in [6.45, 7) is 5.19. The minimum absolute atomic E-state index is 0.714. The zero-order valence-electron chi connectivity index (χ0n) is 7.95. The van der Waals surface area contributed by atoms with Gasteiger partial charge in [0.25, 0.3) is 0 Å². The maximum atomic E-state index is 13.4. The van der Waals surface area contributed by atoms with Gasteiger partial charge in [0.15, 0.2) is 0 Å². The first-order chi connectivity index (χ1) is 5.45. The Kier molecular flexibility index (Phi) is 2.27. The van der Waals surface area contributed by atoms with Gasteiger partial charge in [-0.25, -0.2) is 4.39 Å². The maximum absolute atomic E-state index is 13.4. The molecule has 2 N–H and O–H groups in total. The maximum Gasteiger partial charge on any atom is 0.127 e. The average Bonchev–Trinajstić information content (AvgIpc) is 2.29. The minimum Gasteiger partial charge on any atom is -0.399 e. The highest BCUT2D eigenvalue weighted by atomic mass is 19.1. The Morgan fingerprint density at radius 2 is 2.17 bits per heavy atom. The molecule has 0 aromatic carbocycles. The fraction of sp³-hybridized carbons (Fsp3) is 0.600. The second kappa shape index (κ2) is 2.92. The van der Waals surface area contributed by atoms with Crippen LogP contribution in [-0.2, 0) is 0 Å². The second-order valence-electron chi connectivity index (χ2n) is 3.73. The molecule has 2 heteroatoms. The number of allylic oxidation sites excluding steroid dienone is 3. The van der Waals surface area contributed by atoms with Gasteiger partial charge in [-0.2, -0.15) is 0 Å². The number of nitrogens with two attached hydrogens (primary N) is 1. The van der Waals surface area contributed by atoms with Gasteiger partial charge in [-0.05, 0) is 43.9 Å². The van der Waals surface area contributed by atoms with Crippen molar-refractivity contribution in [2.24, 2.45) is 5.73 Å². The van der Waals surface area contributed by atoms with E-state index in [0.717, 1.165) is 23.3 Å². The van der Waals surface area contributed by atoms with E-state index in [0.29, 0.717) is 6.42 Å². The second-order valence-corrected chi connectivity index (χ2v) is 3.73.